The van der Waals surface area contributed by atoms with Gasteiger partial charge in [0.15, 0.2) is 5.82 Å². The Morgan fingerprint density at radius 3 is 1.93 bits per heavy atom. The van der Waals surface area contributed by atoms with Crippen molar-refractivity contribution in [1.82, 2.24) is 19.5 Å². The molecule has 0 aliphatic rings. The normalized spacial score (nSPS) is 11.1. The number of para-hydroxylation sites is 2. The highest BCUT2D eigenvalue weighted by molar-refractivity contribution is 5.96. The van der Waals surface area contributed by atoms with Gasteiger partial charge in [-0.3, -0.25) is 9.55 Å². The van der Waals surface area contributed by atoms with Crippen molar-refractivity contribution in [3.63, 3.8) is 0 Å². The summed E-state index contributed by atoms with van der Waals surface area (Å²) in [6.07, 6.45) is 3.54. The van der Waals surface area contributed by atoms with Crippen LogP contribution in [0.4, 0.5) is 0 Å². The topological polar surface area (TPSA) is 63.8 Å². The maximum absolute atomic E-state index is 10.8. The molecule has 5 aromatic carbocycles. The summed E-state index contributed by atoms with van der Waals surface area (Å²) >= 11 is 0. The van der Waals surface area contributed by atoms with Crippen LogP contribution in [0.1, 0.15) is 0 Å². The van der Waals surface area contributed by atoms with Gasteiger partial charge in [0, 0.05) is 29.2 Å². The third-order valence-electron chi connectivity index (χ3n) is 8.25. The molecule has 0 aliphatic carbocycles. The third kappa shape index (κ3) is 5.00. The van der Waals surface area contributed by atoms with E-state index in [-0.39, 0.29) is 5.75 Å². The fourth-order valence-electron chi connectivity index (χ4n) is 6.00. The van der Waals surface area contributed by atoms with Crippen LogP contribution in [-0.4, -0.2) is 24.6 Å². The smallest absolute Gasteiger partial charge is 0.168 e. The second kappa shape index (κ2) is 11.6. The van der Waals surface area contributed by atoms with Gasteiger partial charge in [0.25, 0.3) is 0 Å². The Hall–Kier alpha value is -6.33. The van der Waals surface area contributed by atoms with Crippen molar-refractivity contribution in [3.05, 3.63) is 164 Å². The lowest BCUT2D eigenvalue weighted by molar-refractivity contribution is 0.474. The zero-order chi connectivity index (χ0) is 30.9. The van der Waals surface area contributed by atoms with Crippen LogP contribution in [0, 0.1) is 0 Å². The lowest BCUT2D eigenvalue weighted by Crippen LogP contribution is -1.98. The first-order valence-corrected chi connectivity index (χ1v) is 15.2. The number of hydrogen-bond acceptors (Lipinski definition) is 4. The van der Waals surface area contributed by atoms with Gasteiger partial charge in [-0.2, -0.15) is 0 Å². The summed E-state index contributed by atoms with van der Waals surface area (Å²) < 4.78 is 2.05. The van der Waals surface area contributed by atoms with Crippen molar-refractivity contribution in [2.75, 3.05) is 0 Å². The number of hydrogen-bond donors (Lipinski definition) is 1. The molecule has 8 rings (SSSR count). The van der Waals surface area contributed by atoms with Crippen molar-refractivity contribution in [2.24, 2.45) is 0 Å². The molecule has 0 radical (unpaired) electrons. The Balaban J connectivity index is 1.20. The number of pyridine rings is 2. The van der Waals surface area contributed by atoms with Crippen LogP contribution in [-0.2, 0) is 0 Å². The van der Waals surface area contributed by atoms with Crippen molar-refractivity contribution in [1.29, 1.82) is 0 Å². The molecule has 0 aliphatic heterocycles. The van der Waals surface area contributed by atoms with Gasteiger partial charge in [-0.25, -0.2) is 9.97 Å². The van der Waals surface area contributed by atoms with Crippen LogP contribution in [0.5, 0.6) is 5.75 Å². The molecule has 5 nitrogen and oxygen atoms in total. The summed E-state index contributed by atoms with van der Waals surface area (Å²) in [5.74, 6) is 0.662. The van der Waals surface area contributed by atoms with E-state index in [2.05, 4.69) is 107 Å². The average Bonchev–Trinajstić information content (AvgIpc) is 3.52. The number of aromatic nitrogens is 4. The molecule has 5 heteroatoms. The van der Waals surface area contributed by atoms with Crippen molar-refractivity contribution < 1.29 is 5.11 Å². The molecule has 8 aromatic rings. The Morgan fingerprint density at radius 1 is 0.478 bits per heavy atom. The number of rotatable bonds is 6. The van der Waals surface area contributed by atoms with E-state index in [9.17, 15) is 5.11 Å². The highest BCUT2D eigenvalue weighted by Crippen LogP contribution is 2.37. The zero-order valence-corrected chi connectivity index (χ0v) is 24.8. The molecule has 0 atom stereocenters. The van der Waals surface area contributed by atoms with E-state index in [4.69, 9.17) is 9.97 Å². The first-order chi connectivity index (χ1) is 22.7. The van der Waals surface area contributed by atoms with Crippen molar-refractivity contribution >= 4 is 11.0 Å². The number of imidazole rings is 1. The van der Waals surface area contributed by atoms with E-state index < -0.39 is 0 Å². The minimum atomic E-state index is 0.0826. The molecule has 46 heavy (non-hydrogen) atoms. The van der Waals surface area contributed by atoms with Gasteiger partial charge >= 0.3 is 0 Å². The van der Waals surface area contributed by atoms with Crippen LogP contribution >= 0.6 is 0 Å². The summed E-state index contributed by atoms with van der Waals surface area (Å²) in [6, 6.07) is 51.3. The summed E-state index contributed by atoms with van der Waals surface area (Å²) in [5.41, 5.74) is 11.7. The molecule has 0 saturated heterocycles. The minimum absolute atomic E-state index is 0.0826. The van der Waals surface area contributed by atoms with E-state index >= 15 is 0 Å². The fourth-order valence-corrected chi connectivity index (χ4v) is 6.00. The Labute approximate surface area is 266 Å². The third-order valence-corrected chi connectivity index (χ3v) is 8.25. The van der Waals surface area contributed by atoms with Gasteiger partial charge in [-0.05, 0) is 76.3 Å². The van der Waals surface area contributed by atoms with Crippen LogP contribution < -0.4 is 0 Å². The maximum atomic E-state index is 10.8. The molecule has 0 saturated carbocycles. The van der Waals surface area contributed by atoms with Gasteiger partial charge in [0.2, 0.25) is 0 Å². The molecule has 0 bridgehead atoms. The van der Waals surface area contributed by atoms with Crippen LogP contribution in [0.3, 0.4) is 0 Å². The molecule has 218 valence electrons. The average molecular weight is 593 g/mol. The van der Waals surface area contributed by atoms with Crippen LogP contribution in [0.2, 0.25) is 0 Å². The molecule has 0 fully saturated rings. The lowest BCUT2D eigenvalue weighted by atomic mass is 9.98. The Kier molecular flexibility index (Phi) is 6.89. The SMILES string of the molecule is Oc1cccnc1-c1nc2c(-c3cccc(-c4cc(-c5ccc(-c6ccccc6)cc5)ccn4)c3)cccc2n1-c1ccccc1. The summed E-state index contributed by atoms with van der Waals surface area (Å²) in [6.45, 7) is 0. The van der Waals surface area contributed by atoms with Crippen LogP contribution in [0.25, 0.3) is 72.9 Å². The van der Waals surface area contributed by atoms with Crippen LogP contribution in [0.15, 0.2) is 164 Å². The number of aromatic hydroxyl groups is 1. The quantitative estimate of drug-likeness (QED) is 0.209. The van der Waals surface area contributed by atoms with E-state index in [1.807, 2.05) is 48.7 Å². The molecular weight excluding hydrogens is 564 g/mol. The number of nitrogens with zero attached hydrogens (tertiary/aromatic N) is 4. The standard InChI is InChI=1S/C41H28N4O/c46-38-18-9-24-43-40(38)41-44-39-35(16-8-17-37(39)45(41)34-14-5-2-6-15-34)32-12-7-13-33(26-32)36-27-31(23-25-42-36)30-21-19-29(20-22-30)28-10-3-1-4-11-28/h1-27,46H. The van der Waals surface area contributed by atoms with Crippen molar-refractivity contribution in [2.45, 2.75) is 0 Å². The van der Waals surface area contributed by atoms with Gasteiger partial charge in [-0.15, -0.1) is 0 Å². The first-order valence-electron chi connectivity index (χ1n) is 15.2. The summed E-state index contributed by atoms with van der Waals surface area (Å²) in [4.78, 5) is 14.4. The van der Waals surface area contributed by atoms with E-state index in [0.717, 1.165) is 50.2 Å². The molecular formula is C41H28N4O. The van der Waals surface area contributed by atoms with Gasteiger partial charge < -0.3 is 5.11 Å². The molecule has 0 unspecified atom stereocenters. The molecule has 0 amide bonds. The molecule has 3 heterocycles. The second-order valence-corrected chi connectivity index (χ2v) is 11.1. The van der Waals surface area contributed by atoms with E-state index in [0.29, 0.717) is 11.5 Å². The summed E-state index contributed by atoms with van der Waals surface area (Å²) in [7, 11) is 0. The predicted octanol–water partition coefficient (Wildman–Crippen LogP) is 9.86. The summed E-state index contributed by atoms with van der Waals surface area (Å²) in [5, 5.41) is 10.8. The number of benzene rings is 5. The van der Waals surface area contributed by atoms with E-state index in [1.54, 1.807) is 18.3 Å². The number of fused-ring (bicyclic) bond motifs is 1. The predicted molar refractivity (Wildman–Crippen MR) is 186 cm³/mol. The highest BCUT2D eigenvalue weighted by Gasteiger charge is 2.20. The molecule has 1 N–H and O–H groups in total. The van der Waals surface area contributed by atoms with Crippen molar-refractivity contribution in [3.8, 4) is 67.6 Å². The Bertz CT molecular complexity index is 2310. The maximum Gasteiger partial charge on any atom is 0.168 e. The molecule has 3 aromatic heterocycles. The first kappa shape index (κ1) is 27.2. The monoisotopic (exact) mass is 592 g/mol. The van der Waals surface area contributed by atoms with Gasteiger partial charge in [0.1, 0.15) is 11.4 Å². The van der Waals surface area contributed by atoms with E-state index in [1.165, 1.54) is 11.1 Å². The minimum Gasteiger partial charge on any atom is -0.506 e. The van der Waals surface area contributed by atoms with Gasteiger partial charge in [0.05, 0.1) is 16.7 Å². The second-order valence-electron chi connectivity index (χ2n) is 11.1. The lowest BCUT2D eigenvalue weighted by Gasteiger charge is -2.10. The molecule has 0 spiro atoms. The zero-order valence-electron chi connectivity index (χ0n) is 24.8. The largest absolute Gasteiger partial charge is 0.506 e. The highest BCUT2D eigenvalue weighted by atomic mass is 16.3. The fraction of sp³-hybridized carbons (Fsp3) is 0. The Morgan fingerprint density at radius 2 is 1.15 bits per heavy atom. The van der Waals surface area contributed by atoms with Gasteiger partial charge in [-0.1, -0.05) is 103 Å².